The smallest absolute Gasteiger partial charge is 0.227 e. The van der Waals surface area contributed by atoms with E-state index in [2.05, 4.69) is 5.32 Å². The van der Waals surface area contributed by atoms with Gasteiger partial charge in [-0.2, -0.15) is 0 Å². The first-order valence-corrected chi connectivity index (χ1v) is 7.92. The molecule has 0 aliphatic carbocycles. The molecule has 0 bridgehead atoms. The van der Waals surface area contributed by atoms with Crippen LogP contribution in [0.1, 0.15) is 17.2 Å². The highest BCUT2D eigenvalue weighted by atomic mass is 35.5. The van der Waals surface area contributed by atoms with Crippen molar-refractivity contribution >= 4 is 29.9 Å². The molecule has 23 heavy (non-hydrogen) atoms. The summed E-state index contributed by atoms with van der Waals surface area (Å²) in [5.41, 5.74) is 2.06. The van der Waals surface area contributed by atoms with E-state index in [1.807, 2.05) is 59.5 Å². The molecule has 1 saturated heterocycles. The monoisotopic (exact) mass is 350 g/mol. The van der Waals surface area contributed by atoms with Gasteiger partial charge in [-0.1, -0.05) is 60.1 Å². The summed E-state index contributed by atoms with van der Waals surface area (Å²) in [7, 11) is 0. The van der Waals surface area contributed by atoms with Crippen molar-refractivity contribution in [2.24, 2.45) is 0 Å². The number of carbonyl (C=O) groups excluding carboxylic acids is 1. The van der Waals surface area contributed by atoms with Gasteiger partial charge in [-0.05, 0) is 17.2 Å². The van der Waals surface area contributed by atoms with Gasteiger partial charge in [-0.15, -0.1) is 12.4 Å². The Bertz CT molecular complexity index is 648. The lowest BCUT2D eigenvalue weighted by Crippen LogP contribution is -2.49. The minimum atomic E-state index is -0.00124. The SMILES string of the molecule is Cl.O=C(Cc1ccccc1)N1CCNCC1c1ccccc1Cl. The van der Waals surface area contributed by atoms with E-state index in [1.54, 1.807) is 0 Å². The maximum atomic E-state index is 12.7. The molecule has 2 aromatic carbocycles. The summed E-state index contributed by atoms with van der Waals surface area (Å²) in [5, 5.41) is 4.07. The van der Waals surface area contributed by atoms with Crippen LogP contribution in [0.3, 0.4) is 0 Å². The van der Waals surface area contributed by atoms with Crippen LogP contribution in [-0.2, 0) is 11.2 Å². The minimum absolute atomic E-state index is 0. The van der Waals surface area contributed by atoms with Crippen LogP contribution in [0, 0.1) is 0 Å². The molecule has 5 heteroatoms. The number of hydrogen-bond donors (Lipinski definition) is 1. The van der Waals surface area contributed by atoms with Crippen molar-refractivity contribution < 1.29 is 4.79 Å². The fourth-order valence-electron chi connectivity index (χ4n) is 2.90. The minimum Gasteiger partial charge on any atom is -0.333 e. The molecular weight excluding hydrogens is 331 g/mol. The number of piperazine rings is 1. The van der Waals surface area contributed by atoms with Gasteiger partial charge in [0.25, 0.3) is 0 Å². The second-order valence-corrected chi connectivity index (χ2v) is 5.90. The van der Waals surface area contributed by atoms with E-state index in [-0.39, 0.29) is 24.4 Å². The lowest BCUT2D eigenvalue weighted by atomic mass is 10.0. The highest BCUT2D eigenvalue weighted by Gasteiger charge is 2.28. The third-order valence-electron chi connectivity index (χ3n) is 4.03. The predicted molar refractivity (Wildman–Crippen MR) is 96.2 cm³/mol. The molecular formula is C18H20Cl2N2O. The number of nitrogens with one attached hydrogen (secondary N) is 1. The number of rotatable bonds is 3. The van der Waals surface area contributed by atoms with Gasteiger partial charge in [0.15, 0.2) is 0 Å². The Kier molecular flexibility index (Phi) is 6.46. The maximum Gasteiger partial charge on any atom is 0.227 e. The molecule has 1 aliphatic heterocycles. The van der Waals surface area contributed by atoms with Crippen LogP contribution in [0.5, 0.6) is 0 Å². The first-order valence-electron chi connectivity index (χ1n) is 7.54. The van der Waals surface area contributed by atoms with E-state index >= 15 is 0 Å². The van der Waals surface area contributed by atoms with Crippen molar-refractivity contribution in [1.82, 2.24) is 10.2 Å². The largest absolute Gasteiger partial charge is 0.333 e. The van der Waals surface area contributed by atoms with Gasteiger partial charge in [0.2, 0.25) is 5.91 Å². The molecule has 1 fully saturated rings. The second kappa shape index (κ2) is 8.34. The molecule has 0 aromatic heterocycles. The quantitative estimate of drug-likeness (QED) is 0.918. The molecule has 1 heterocycles. The van der Waals surface area contributed by atoms with Gasteiger partial charge >= 0.3 is 0 Å². The van der Waals surface area contributed by atoms with Crippen molar-refractivity contribution in [2.75, 3.05) is 19.6 Å². The topological polar surface area (TPSA) is 32.3 Å². The average Bonchev–Trinajstić information content (AvgIpc) is 2.56. The van der Waals surface area contributed by atoms with Gasteiger partial charge in [0, 0.05) is 24.7 Å². The summed E-state index contributed by atoms with van der Waals surface area (Å²) in [6, 6.07) is 17.6. The molecule has 1 amide bonds. The van der Waals surface area contributed by atoms with Crippen molar-refractivity contribution in [1.29, 1.82) is 0 Å². The van der Waals surface area contributed by atoms with Crippen LogP contribution >= 0.6 is 24.0 Å². The van der Waals surface area contributed by atoms with E-state index in [4.69, 9.17) is 11.6 Å². The van der Waals surface area contributed by atoms with Crippen LogP contribution in [-0.4, -0.2) is 30.4 Å². The second-order valence-electron chi connectivity index (χ2n) is 5.49. The number of nitrogens with zero attached hydrogens (tertiary/aromatic N) is 1. The highest BCUT2D eigenvalue weighted by Crippen LogP contribution is 2.28. The highest BCUT2D eigenvalue weighted by molar-refractivity contribution is 6.31. The molecule has 3 rings (SSSR count). The molecule has 0 spiro atoms. The van der Waals surface area contributed by atoms with Gasteiger partial charge in [-0.25, -0.2) is 0 Å². The van der Waals surface area contributed by atoms with Crippen molar-refractivity contribution in [3.05, 3.63) is 70.7 Å². The van der Waals surface area contributed by atoms with Crippen LogP contribution in [0.2, 0.25) is 5.02 Å². The zero-order chi connectivity index (χ0) is 15.4. The molecule has 1 aliphatic rings. The Labute approximate surface area is 148 Å². The lowest BCUT2D eigenvalue weighted by molar-refractivity contribution is -0.133. The van der Waals surface area contributed by atoms with Crippen LogP contribution in [0.15, 0.2) is 54.6 Å². The Hall–Kier alpha value is -1.55. The Morgan fingerprint density at radius 2 is 1.83 bits per heavy atom. The first-order chi connectivity index (χ1) is 10.8. The van der Waals surface area contributed by atoms with Crippen molar-refractivity contribution in [2.45, 2.75) is 12.5 Å². The summed E-state index contributed by atoms with van der Waals surface area (Å²) >= 11 is 6.32. The van der Waals surface area contributed by atoms with Crippen LogP contribution in [0.4, 0.5) is 0 Å². The van der Waals surface area contributed by atoms with E-state index in [0.717, 1.165) is 24.2 Å². The van der Waals surface area contributed by atoms with Gasteiger partial charge in [0.1, 0.15) is 0 Å². The number of halogens is 2. The molecule has 1 atom stereocenters. The van der Waals surface area contributed by atoms with E-state index in [1.165, 1.54) is 0 Å². The zero-order valence-electron chi connectivity index (χ0n) is 12.7. The third-order valence-corrected chi connectivity index (χ3v) is 4.37. The lowest BCUT2D eigenvalue weighted by Gasteiger charge is -2.37. The molecule has 2 aromatic rings. The van der Waals surface area contributed by atoms with Gasteiger partial charge in [0.05, 0.1) is 12.5 Å². The molecule has 0 saturated carbocycles. The number of benzene rings is 2. The zero-order valence-corrected chi connectivity index (χ0v) is 14.3. The van der Waals surface area contributed by atoms with E-state index < -0.39 is 0 Å². The molecule has 0 radical (unpaired) electrons. The predicted octanol–water partition coefficient (Wildman–Crippen LogP) is 3.48. The maximum absolute atomic E-state index is 12.7. The van der Waals surface area contributed by atoms with E-state index in [9.17, 15) is 4.79 Å². The summed E-state index contributed by atoms with van der Waals surface area (Å²) in [4.78, 5) is 14.7. The summed E-state index contributed by atoms with van der Waals surface area (Å²) in [6.45, 7) is 2.27. The normalized spacial score (nSPS) is 17.4. The van der Waals surface area contributed by atoms with Gasteiger partial charge < -0.3 is 10.2 Å². The fraction of sp³-hybridized carbons (Fsp3) is 0.278. The van der Waals surface area contributed by atoms with Crippen LogP contribution < -0.4 is 5.32 Å². The number of carbonyl (C=O) groups is 1. The molecule has 122 valence electrons. The molecule has 1 unspecified atom stereocenters. The summed E-state index contributed by atoms with van der Waals surface area (Å²) < 4.78 is 0. The summed E-state index contributed by atoms with van der Waals surface area (Å²) in [5.74, 6) is 0.151. The Morgan fingerprint density at radius 3 is 2.57 bits per heavy atom. The molecule has 1 N–H and O–H groups in total. The number of amides is 1. The number of hydrogen-bond acceptors (Lipinski definition) is 2. The van der Waals surface area contributed by atoms with Gasteiger partial charge in [-0.3, -0.25) is 4.79 Å². The standard InChI is InChI=1S/C18H19ClN2O.ClH/c19-16-9-5-4-8-15(16)17-13-20-10-11-21(17)18(22)12-14-6-2-1-3-7-14;/h1-9,17,20H,10-13H2;1H. The Morgan fingerprint density at radius 1 is 1.13 bits per heavy atom. The summed E-state index contributed by atoms with van der Waals surface area (Å²) in [6.07, 6.45) is 0.432. The molecule has 3 nitrogen and oxygen atoms in total. The van der Waals surface area contributed by atoms with Crippen LogP contribution in [0.25, 0.3) is 0 Å². The fourth-order valence-corrected chi connectivity index (χ4v) is 3.16. The van der Waals surface area contributed by atoms with Crippen molar-refractivity contribution in [3.63, 3.8) is 0 Å². The third kappa shape index (κ3) is 4.25. The first kappa shape index (κ1) is 17.8. The average molecular weight is 351 g/mol. The van der Waals surface area contributed by atoms with E-state index in [0.29, 0.717) is 18.0 Å². The Balaban J connectivity index is 0.00000192. The van der Waals surface area contributed by atoms with Crippen molar-refractivity contribution in [3.8, 4) is 0 Å².